The highest BCUT2D eigenvalue weighted by molar-refractivity contribution is 9.10. The van der Waals surface area contributed by atoms with Crippen molar-refractivity contribution in [1.29, 1.82) is 0 Å². The molecule has 2 rings (SSSR count). The molecule has 0 unspecified atom stereocenters. The molecule has 0 saturated heterocycles. The first-order valence-corrected chi connectivity index (χ1v) is 8.00. The minimum atomic E-state index is -0.454. The molecule has 0 fully saturated rings. The maximum absolute atomic E-state index is 12.4. The molecule has 0 atom stereocenters. The number of hydrogen-bond acceptors (Lipinski definition) is 3. The van der Waals surface area contributed by atoms with Gasteiger partial charge in [0, 0.05) is 4.47 Å². The summed E-state index contributed by atoms with van der Waals surface area (Å²) in [5, 5.41) is 0. The van der Waals surface area contributed by atoms with Gasteiger partial charge >= 0.3 is 5.97 Å². The SMILES string of the molecule is CCOc1ccc(Br)cc1C(=O)Oc1ccc(C)cc1Br. The molecule has 21 heavy (non-hydrogen) atoms. The van der Waals surface area contributed by atoms with E-state index >= 15 is 0 Å². The van der Waals surface area contributed by atoms with Crippen LogP contribution < -0.4 is 9.47 Å². The number of aryl methyl sites for hydroxylation is 1. The van der Waals surface area contributed by atoms with Gasteiger partial charge in [0.05, 0.1) is 11.1 Å². The van der Waals surface area contributed by atoms with E-state index in [1.165, 1.54) is 0 Å². The summed E-state index contributed by atoms with van der Waals surface area (Å²) in [4.78, 5) is 12.4. The number of carbonyl (C=O) groups is 1. The van der Waals surface area contributed by atoms with Crippen LogP contribution in [0.25, 0.3) is 0 Å². The standard InChI is InChI=1S/C16H14Br2O3/c1-3-20-14-7-5-11(17)9-12(14)16(19)21-15-6-4-10(2)8-13(15)18/h4-9H,3H2,1-2H3. The lowest BCUT2D eigenvalue weighted by molar-refractivity contribution is 0.0729. The predicted molar refractivity (Wildman–Crippen MR) is 89.1 cm³/mol. The zero-order chi connectivity index (χ0) is 15.4. The largest absolute Gasteiger partial charge is 0.493 e. The van der Waals surface area contributed by atoms with Crippen LogP contribution in [0.5, 0.6) is 11.5 Å². The molecule has 0 spiro atoms. The molecular formula is C16H14Br2O3. The third kappa shape index (κ3) is 4.08. The van der Waals surface area contributed by atoms with Crippen LogP contribution >= 0.6 is 31.9 Å². The minimum absolute atomic E-state index is 0.388. The van der Waals surface area contributed by atoms with Crippen LogP contribution in [0, 0.1) is 6.92 Å². The van der Waals surface area contributed by atoms with Crippen molar-refractivity contribution in [2.24, 2.45) is 0 Å². The lowest BCUT2D eigenvalue weighted by atomic mass is 10.2. The molecule has 0 aliphatic heterocycles. The first-order chi connectivity index (χ1) is 10.0. The lowest BCUT2D eigenvalue weighted by Gasteiger charge is -2.11. The fourth-order valence-electron chi connectivity index (χ4n) is 1.79. The molecule has 0 saturated carbocycles. The topological polar surface area (TPSA) is 35.5 Å². The third-order valence-electron chi connectivity index (χ3n) is 2.75. The zero-order valence-electron chi connectivity index (χ0n) is 11.7. The van der Waals surface area contributed by atoms with Crippen molar-refractivity contribution < 1.29 is 14.3 Å². The van der Waals surface area contributed by atoms with Gasteiger partial charge in [0.15, 0.2) is 0 Å². The van der Waals surface area contributed by atoms with E-state index in [9.17, 15) is 4.79 Å². The Morgan fingerprint density at radius 1 is 1.10 bits per heavy atom. The smallest absolute Gasteiger partial charge is 0.347 e. The van der Waals surface area contributed by atoms with Crippen molar-refractivity contribution in [2.75, 3.05) is 6.61 Å². The maximum Gasteiger partial charge on any atom is 0.347 e. The first kappa shape index (κ1) is 16.0. The molecule has 110 valence electrons. The van der Waals surface area contributed by atoms with E-state index in [4.69, 9.17) is 9.47 Å². The maximum atomic E-state index is 12.4. The Balaban J connectivity index is 2.29. The fraction of sp³-hybridized carbons (Fsp3) is 0.188. The van der Waals surface area contributed by atoms with Crippen molar-refractivity contribution in [3.8, 4) is 11.5 Å². The van der Waals surface area contributed by atoms with Gasteiger partial charge in [-0.2, -0.15) is 0 Å². The van der Waals surface area contributed by atoms with Gasteiger partial charge in [-0.1, -0.05) is 22.0 Å². The highest BCUT2D eigenvalue weighted by Gasteiger charge is 2.16. The highest BCUT2D eigenvalue weighted by Crippen LogP contribution is 2.29. The number of esters is 1. The van der Waals surface area contributed by atoms with E-state index in [2.05, 4.69) is 31.9 Å². The van der Waals surface area contributed by atoms with Crippen molar-refractivity contribution >= 4 is 37.8 Å². The average molecular weight is 414 g/mol. The summed E-state index contributed by atoms with van der Waals surface area (Å²) in [6.07, 6.45) is 0. The van der Waals surface area contributed by atoms with Gasteiger partial charge in [-0.15, -0.1) is 0 Å². The van der Waals surface area contributed by atoms with Gasteiger partial charge in [-0.3, -0.25) is 0 Å². The van der Waals surface area contributed by atoms with Gasteiger partial charge in [-0.25, -0.2) is 4.79 Å². The molecule has 0 bridgehead atoms. The number of benzene rings is 2. The molecule has 2 aromatic carbocycles. The Hall–Kier alpha value is -1.33. The molecule has 0 amide bonds. The quantitative estimate of drug-likeness (QED) is 0.514. The summed E-state index contributed by atoms with van der Waals surface area (Å²) < 4.78 is 12.4. The second-order valence-corrected chi connectivity index (χ2v) is 6.17. The number of carbonyl (C=O) groups excluding carboxylic acids is 1. The van der Waals surface area contributed by atoms with Gasteiger partial charge in [0.1, 0.15) is 17.1 Å². The van der Waals surface area contributed by atoms with Gasteiger partial charge in [-0.05, 0) is 65.7 Å². The number of ether oxygens (including phenoxy) is 2. The number of rotatable bonds is 4. The van der Waals surface area contributed by atoms with Gasteiger partial charge in [0.2, 0.25) is 0 Å². The Bertz CT molecular complexity index is 669. The van der Waals surface area contributed by atoms with Crippen LogP contribution in [0.4, 0.5) is 0 Å². The fourth-order valence-corrected chi connectivity index (χ4v) is 2.72. The molecule has 0 aliphatic carbocycles. The third-order valence-corrected chi connectivity index (χ3v) is 3.86. The Morgan fingerprint density at radius 3 is 2.48 bits per heavy atom. The Kier molecular flexibility index (Phi) is 5.42. The first-order valence-electron chi connectivity index (χ1n) is 6.42. The van der Waals surface area contributed by atoms with E-state index in [1.54, 1.807) is 18.2 Å². The van der Waals surface area contributed by atoms with Crippen LogP contribution in [0.3, 0.4) is 0 Å². The van der Waals surface area contributed by atoms with Gasteiger partial charge in [0.25, 0.3) is 0 Å². The molecule has 5 heteroatoms. The summed E-state index contributed by atoms with van der Waals surface area (Å²) >= 11 is 6.75. The second kappa shape index (κ2) is 7.09. The van der Waals surface area contributed by atoms with E-state index in [-0.39, 0.29) is 0 Å². The second-order valence-electron chi connectivity index (χ2n) is 4.40. The van der Waals surface area contributed by atoms with Crippen molar-refractivity contribution in [1.82, 2.24) is 0 Å². The summed E-state index contributed by atoms with van der Waals surface area (Å²) in [5.74, 6) is 0.534. The monoisotopic (exact) mass is 412 g/mol. The zero-order valence-corrected chi connectivity index (χ0v) is 14.8. The summed E-state index contributed by atoms with van der Waals surface area (Å²) in [6, 6.07) is 10.8. The molecule has 2 aromatic rings. The van der Waals surface area contributed by atoms with E-state index in [0.717, 1.165) is 14.5 Å². The Morgan fingerprint density at radius 2 is 1.81 bits per heavy atom. The average Bonchev–Trinajstić information content (AvgIpc) is 2.44. The lowest BCUT2D eigenvalue weighted by Crippen LogP contribution is -2.11. The van der Waals surface area contributed by atoms with Crippen LogP contribution in [0.1, 0.15) is 22.8 Å². The number of hydrogen-bond donors (Lipinski definition) is 0. The van der Waals surface area contributed by atoms with Crippen molar-refractivity contribution in [3.05, 3.63) is 56.5 Å². The van der Waals surface area contributed by atoms with Crippen LogP contribution in [-0.4, -0.2) is 12.6 Å². The molecule has 0 N–H and O–H groups in total. The minimum Gasteiger partial charge on any atom is -0.493 e. The molecule has 3 nitrogen and oxygen atoms in total. The van der Waals surface area contributed by atoms with Crippen LogP contribution in [0.15, 0.2) is 45.3 Å². The Labute approximate surface area is 140 Å². The van der Waals surface area contributed by atoms with Crippen LogP contribution in [-0.2, 0) is 0 Å². The summed E-state index contributed by atoms with van der Waals surface area (Å²) in [6.45, 7) is 4.32. The molecule has 0 heterocycles. The highest BCUT2D eigenvalue weighted by atomic mass is 79.9. The molecule has 0 aromatic heterocycles. The normalized spacial score (nSPS) is 10.3. The number of halogens is 2. The molecule has 0 aliphatic rings. The van der Waals surface area contributed by atoms with Crippen molar-refractivity contribution in [3.63, 3.8) is 0 Å². The van der Waals surface area contributed by atoms with Gasteiger partial charge < -0.3 is 9.47 Å². The van der Waals surface area contributed by atoms with Crippen molar-refractivity contribution in [2.45, 2.75) is 13.8 Å². The summed E-state index contributed by atoms with van der Waals surface area (Å²) in [7, 11) is 0. The van der Waals surface area contributed by atoms with E-state index < -0.39 is 5.97 Å². The predicted octanol–water partition coefficient (Wildman–Crippen LogP) is 5.14. The van der Waals surface area contributed by atoms with Crippen LogP contribution in [0.2, 0.25) is 0 Å². The summed E-state index contributed by atoms with van der Waals surface area (Å²) in [5.41, 5.74) is 1.47. The van der Waals surface area contributed by atoms with E-state index in [0.29, 0.717) is 23.7 Å². The molecule has 0 radical (unpaired) electrons. The van der Waals surface area contributed by atoms with E-state index in [1.807, 2.05) is 32.0 Å². The molecular weight excluding hydrogens is 400 g/mol.